The fourth-order valence-electron chi connectivity index (χ4n) is 3.66. The SMILES string of the molecule is Cc1c(F)cnc(C(F)(F)F)c1NC(=O)/C=C/c1ccc2cnn(C3CCCCO3)c2c1F. The first-order valence-corrected chi connectivity index (χ1v) is 10.2. The second kappa shape index (κ2) is 8.89. The molecule has 1 unspecified atom stereocenters. The average molecular weight is 466 g/mol. The zero-order valence-corrected chi connectivity index (χ0v) is 17.4. The van der Waals surface area contributed by atoms with E-state index in [9.17, 15) is 22.4 Å². The summed E-state index contributed by atoms with van der Waals surface area (Å²) in [4.78, 5) is 15.3. The monoisotopic (exact) mass is 466 g/mol. The van der Waals surface area contributed by atoms with Gasteiger partial charge in [0.1, 0.15) is 11.3 Å². The maximum absolute atomic E-state index is 15.2. The third-order valence-electron chi connectivity index (χ3n) is 5.36. The van der Waals surface area contributed by atoms with E-state index in [4.69, 9.17) is 4.74 Å². The Morgan fingerprint density at radius 2 is 2.03 bits per heavy atom. The largest absolute Gasteiger partial charge is 0.435 e. The minimum atomic E-state index is -4.90. The van der Waals surface area contributed by atoms with Gasteiger partial charge >= 0.3 is 6.18 Å². The highest BCUT2D eigenvalue weighted by Gasteiger charge is 2.37. The van der Waals surface area contributed by atoms with Gasteiger partial charge < -0.3 is 10.1 Å². The molecule has 1 aliphatic rings. The average Bonchev–Trinajstić information content (AvgIpc) is 3.21. The molecular formula is C22H19F5N4O2. The topological polar surface area (TPSA) is 69.0 Å². The van der Waals surface area contributed by atoms with Gasteiger partial charge in [0.05, 0.1) is 18.1 Å². The van der Waals surface area contributed by atoms with E-state index in [0.717, 1.165) is 31.9 Å². The Morgan fingerprint density at radius 3 is 2.73 bits per heavy atom. The van der Waals surface area contributed by atoms with E-state index in [2.05, 4.69) is 10.1 Å². The first-order chi connectivity index (χ1) is 15.7. The number of halogens is 5. The number of hydrogen-bond donors (Lipinski definition) is 1. The van der Waals surface area contributed by atoms with Gasteiger partial charge in [-0.15, -0.1) is 0 Å². The van der Waals surface area contributed by atoms with Crippen molar-refractivity contribution in [1.82, 2.24) is 14.8 Å². The van der Waals surface area contributed by atoms with Crippen LogP contribution < -0.4 is 5.32 Å². The standard InChI is InChI=1S/C22H19F5N4O2/c1-12-15(23)11-28-21(22(25,26)27)19(12)30-16(32)8-7-13-5-6-14-10-29-31(20(14)18(13)24)17-4-2-3-9-33-17/h5-8,10-11,17H,2-4,9H2,1H3,(H,30,32)/b8-7+. The van der Waals surface area contributed by atoms with Crippen molar-refractivity contribution in [3.8, 4) is 0 Å². The lowest BCUT2D eigenvalue weighted by molar-refractivity contribution is -0.140. The van der Waals surface area contributed by atoms with Crippen molar-refractivity contribution in [3.05, 3.63) is 59.1 Å². The van der Waals surface area contributed by atoms with E-state index in [1.807, 2.05) is 5.32 Å². The summed E-state index contributed by atoms with van der Waals surface area (Å²) >= 11 is 0. The molecule has 0 aliphatic carbocycles. The lowest BCUT2D eigenvalue weighted by Crippen LogP contribution is -2.19. The highest BCUT2D eigenvalue weighted by molar-refractivity contribution is 6.03. The molecule has 0 spiro atoms. The van der Waals surface area contributed by atoms with Gasteiger partial charge in [-0.25, -0.2) is 18.4 Å². The van der Waals surface area contributed by atoms with E-state index >= 15 is 4.39 Å². The lowest BCUT2D eigenvalue weighted by Gasteiger charge is -2.23. The van der Waals surface area contributed by atoms with Crippen LogP contribution in [-0.4, -0.2) is 27.3 Å². The summed E-state index contributed by atoms with van der Waals surface area (Å²) in [7, 11) is 0. The first kappa shape index (κ1) is 22.8. The molecule has 0 radical (unpaired) electrons. The Balaban J connectivity index is 1.61. The van der Waals surface area contributed by atoms with E-state index in [-0.39, 0.29) is 11.1 Å². The van der Waals surface area contributed by atoms with Gasteiger partial charge in [-0.2, -0.15) is 18.3 Å². The number of benzene rings is 1. The molecule has 1 atom stereocenters. The van der Waals surface area contributed by atoms with Crippen LogP contribution in [0, 0.1) is 18.6 Å². The number of nitrogens with zero attached hydrogens (tertiary/aromatic N) is 3. The fourth-order valence-corrected chi connectivity index (χ4v) is 3.66. The molecule has 1 aromatic carbocycles. The highest BCUT2D eigenvalue weighted by atomic mass is 19.4. The summed E-state index contributed by atoms with van der Waals surface area (Å²) in [5.74, 6) is -2.65. The number of aromatic nitrogens is 3. The number of hydrogen-bond acceptors (Lipinski definition) is 4. The number of anilines is 1. The molecule has 1 amide bonds. The molecule has 0 saturated carbocycles. The number of carbonyl (C=O) groups is 1. The number of fused-ring (bicyclic) bond motifs is 1. The normalized spacial score (nSPS) is 17.1. The zero-order valence-electron chi connectivity index (χ0n) is 17.4. The van der Waals surface area contributed by atoms with Gasteiger partial charge in [-0.1, -0.05) is 12.1 Å². The van der Waals surface area contributed by atoms with Crippen molar-refractivity contribution in [2.75, 3.05) is 11.9 Å². The van der Waals surface area contributed by atoms with Gasteiger partial charge in [-0.3, -0.25) is 4.79 Å². The summed E-state index contributed by atoms with van der Waals surface area (Å²) in [5.41, 5.74) is -2.40. The van der Waals surface area contributed by atoms with Crippen LogP contribution in [0.3, 0.4) is 0 Å². The second-order valence-electron chi connectivity index (χ2n) is 7.59. The summed E-state index contributed by atoms with van der Waals surface area (Å²) in [6, 6.07) is 3.04. The number of alkyl halides is 3. The molecular weight excluding hydrogens is 447 g/mol. The van der Waals surface area contributed by atoms with Gasteiger partial charge in [0.2, 0.25) is 5.91 Å². The molecule has 11 heteroatoms. The third kappa shape index (κ3) is 4.58. The van der Waals surface area contributed by atoms with Crippen molar-refractivity contribution in [1.29, 1.82) is 0 Å². The van der Waals surface area contributed by atoms with Crippen LogP contribution in [0.5, 0.6) is 0 Å². The van der Waals surface area contributed by atoms with Crippen LogP contribution in [0.4, 0.5) is 27.6 Å². The number of carbonyl (C=O) groups excluding carboxylic acids is 1. The Kier molecular flexibility index (Phi) is 6.15. The predicted molar refractivity (Wildman–Crippen MR) is 110 cm³/mol. The van der Waals surface area contributed by atoms with E-state index < -0.39 is 46.9 Å². The van der Waals surface area contributed by atoms with Crippen LogP contribution >= 0.6 is 0 Å². The number of rotatable bonds is 4. The minimum Gasteiger partial charge on any atom is -0.356 e. The number of amides is 1. The molecule has 2 aromatic heterocycles. The molecule has 1 N–H and O–H groups in total. The Hall–Kier alpha value is -3.34. The van der Waals surface area contributed by atoms with E-state index in [1.165, 1.54) is 16.9 Å². The Bertz CT molecular complexity index is 1230. The summed E-state index contributed by atoms with van der Waals surface area (Å²) in [6.07, 6.45) is 1.15. The van der Waals surface area contributed by atoms with Crippen molar-refractivity contribution >= 4 is 28.6 Å². The van der Waals surface area contributed by atoms with Crippen molar-refractivity contribution in [2.24, 2.45) is 0 Å². The molecule has 1 aliphatic heterocycles. The number of pyridine rings is 1. The van der Waals surface area contributed by atoms with Crippen molar-refractivity contribution < 1.29 is 31.5 Å². The van der Waals surface area contributed by atoms with Crippen LogP contribution in [0.15, 0.2) is 30.6 Å². The molecule has 4 rings (SSSR count). The van der Waals surface area contributed by atoms with E-state index in [1.54, 1.807) is 6.07 Å². The van der Waals surface area contributed by atoms with Crippen LogP contribution in [-0.2, 0) is 15.7 Å². The summed E-state index contributed by atoms with van der Waals surface area (Å²) < 4.78 is 75.7. The van der Waals surface area contributed by atoms with Gasteiger partial charge in [0.15, 0.2) is 17.7 Å². The molecule has 1 fully saturated rings. The predicted octanol–water partition coefficient (Wildman–Crippen LogP) is 5.39. The Labute approximate surface area is 185 Å². The second-order valence-corrected chi connectivity index (χ2v) is 7.59. The maximum Gasteiger partial charge on any atom is 0.435 e. The smallest absolute Gasteiger partial charge is 0.356 e. The maximum atomic E-state index is 15.2. The van der Waals surface area contributed by atoms with Crippen molar-refractivity contribution in [2.45, 2.75) is 38.6 Å². The number of ether oxygens (including phenoxy) is 1. The minimum absolute atomic E-state index is 0.0281. The summed E-state index contributed by atoms with van der Waals surface area (Å²) in [6.45, 7) is 1.63. The fraction of sp³-hybridized carbons (Fsp3) is 0.318. The van der Waals surface area contributed by atoms with Gasteiger partial charge in [0.25, 0.3) is 0 Å². The lowest BCUT2D eigenvalue weighted by atomic mass is 10.1. The van der Waals surface area contributed by atoms with E-state index in [0.29, 0.717) is 24.6 Å². The molecule has 3 aromatic rings. The first-order valence-electron chi connectivity index (χ1n) is 10.2. The molecule has 174 valence electrons. The molecule has 6 nitrogen and oxygen atoms in total. The van der Waals surface area contributed by atoms with Crippen molar-refractivity contribution in [3.63, 3.8) is 0 Å². The zero-order chi connectivity index (χ0) is 23.8. The van der Waals surface area contributed by atoms with Crippen LogP contribution in [0.2, 0.25) is 0 Å². The molecule has 33 heavy (non-hydrogen) atoms. The quantitative estimate of drug-likeness (QED) is 0.414. The number of nitrogens with one attached hydrogen (secondary N) is 1. The summed E-state index contributed by atoms with van der Waals surface area (Å²) in [5, 5.41) is 6.77. The van der Waals surface area contributed by atoms with Gasteiger partial charge in [-0.05, 0) is 32.3 Å². The molecule has 1 saturated heterocycles. The Morgan fingerprint density at radius 1 is 1.24 bits per heavy atom. The highest BCUT2D eigenvalue weighted by Crippen LogP contribution is 2.35. The van der Waals surface area contributed by atoms with Crippen LogP contribution in [0.1, 0.15) is 42.3 Å². The van der Waals surface area contributed by atoms with Crippen LogP contribution in [0.25, 0.3) is 17.0 Å². The molecule has 3 heterocycles. The third-order valence-corrected chi connectivity index (χ3v) is 5.36. The van der Waals surface area contributed by atoms with Gasteiger partial charge in [0, 0.05) is 29.2 Å². The molecule has 0 bridgehead atoms.